The van der Waals surface area contributed by atoms with Crippen molar-refractivity contribution in [3.8, 4) is 0 Å². The van der Waals surface area contributed by atoms with E-state index >= 15 is 0 Å². The van der Waals surface area contributed by atoms with Gasteiger partial charge in [-0.1, -0.05) is 0 Å². The Labute approximate surface area is 49.5 Å². The van der Waals surface area contributed by atoms with E-state index in [4.69, 9.17) is 0 Å². The molecule has 2 saturated carbocycles. The highest BCUT2D eigenvalue weighted by molar-refractivity contribution is 5.15. The van der Waals surface area contributed by atoms with Crippen LogP contribution >= 0.6 is 0 Å². The Bertz CT molecular complexity index is 118. The number of rotatable bonds is 0. The smallest absolute Gasteiger partial charge is 0.0133 e. The van der Waals surface area contributed by atoms with Gasteiger partial charge in [0.25, 0.3) is 0 Å². The molecule has 0 bridgehead atoms. The number of nitrogens with one attached hydrogen (secondary N) is 1. The minimum absolute atomic E-state index is 0.994. The summed E-state index contributed by atoms with van der Waals surface area (Å²) in [5.74, 6) is 3.38. The highest BCUT2D eigenvalue weighted by Crippen LogP contribution is 2.58. The summed E-state index contributed by atoms with van der Waals surface area (Å²) >= 11 is 0. The number of piperidine rings is 1. The Morgan fingerprint density at radius 1 is 1.25 bits per heavy atom. The molecule has 4 unspecified atom stereocenters. The first kappa shape index (κ1) is 3.89. The standard InChI is InChI=1S/C7H11N/c1-2-5-6-4(1)3-8-7(5)6/h4-8H,1-3H2. The Morgan fingerprint density at radius 3 is 2.88 bits per heavy atom. The number of hydrogen-bond donors (Lipinski definition) is 1. The molecule has 0 aromatic carbocycles. The summed E-state index contributed by atoms with van der Waals surface area (Å²) in [4.78, 5) is 0. The molecule has 1 aliphatic heterocycles. The van der Waals surface area contributed by atoms with E-state index in [9.17, 15) is 0 Å². The molecular weight excluding hydrogens is 98.1 g/mol. The fourth-order valence-corrected chi connectivity index (χ4v) is 2.83. The van der Waals surface area contributed by atoms with Gasteiger partial charge in [0.1, 0.15) is 0 Å². The van der Waals surface area contributed by atoms with Crippen molar-refractivity contribution in [2.24, 2.45) is 17.8 Å². The number of fused-ring (bicyclic) bond motifs is 1. The predicted molar refractivity (Wildman–Crippen MR) is 31.5 cm³/mol. The Balaban J connectivity index is 2.02. The van der Waals surface area contributed by atoms with Gasteiger partial charge in [-0.15, -0.1) is 0 Å². The van der Waals surface area contributed by atoms with Gasteiger partial charge in [0.05, 0.1) is 0 Å². The molecule has 0 aromatic rings. The molecule has 1 heteroatoms. The second-order valence-corrected chi connectivity index (χ2v) is 3.51. The van der Waals surface area contributed by atoms with Crippen LogP contribution in [0.15, 0.2) is 0 Å². The maximum atomic E-state index is 3.56. The van der Waals surface area contributed by atoms with E-state index in [0.717, 1.165) is 23.8 Å². The fraction of sp³-hybridized carbons (Fsp3) is 1.00. The SMILES string of the molecule is C1CC2C3NCC1C23. The van der Waals surface area contributed by atoms with E-state index in [2.05, 4.69) is 5.32 Å². The third-order valence-corrected chi connectivity index (χ3v) is 3.26. The summed E-state index contributed by atoms with van der Waals surface area (Å²) in [6.07, 6.45) is 3.06. The molecule has 3 fully saturated rings. The van der Waals surface area contributed by atoms with E-state index < -0.39 is 0 Å². The first-order valence-corrected chi connectivity index (χ1v) is 3.70. The lowest BCUT2D eigenvalue weighted by atomic mass is 10.1. The van der Waals surface area contributed by atoms with E-state index in [0.29, 0.717) is 0 Å². The second kappa shape index (κ2) is 0.971. The molecule has 8 heavy (non-hydrogen) atoms. The van der Waals surface area contributed by atoms with Gasteiger partial charge < -0.3 is 5.32 Å². The molecule has 0 amide bonds. The molecule has 4 atom stereocenters. The summed E-state index contributed by atoms with van der Waals surface area (Å²) < 4.78 is 0. The summed E-state index contributed by atoms with van der Waals surface area (Å²) in [5.41, 5.74) is 0. The van der Waals surface area contributed by atoms with Crippen molar-refractivity contribution < 1.29 is 0 Å². The van der Waals surface area contributed by atoms with Crippen molar-refractivity contribution in [1.29, 1.82) is 0 Å². The molecule has 3 aliphatic rings. The van der Waals surface area contributed by atoms with Crippen molar-refractivity contribution in [2.45, 2.75) is 18.9 Å². The van der Waals surface area contributed by atoms with Gasteiger partial charge in [0.2, 0.25) is 0 Å². The largest absolute Gasteiger partial charge is 0.313 e. The first-order valence-electron chi connectivity index (χ1n) is 3.70. The van der Waals surface area contributed by atoms with Crippen molar-refractivity contribution in [2.75, 3.05) is 6.54 Å². The summed E-state index contributed by atoms with van der Waals surface area (Å²) in [7, 11) is 0. The molecule has 1 saturated heterocycles. The van der Waals surface area contributed by atoms with E-state index in [1.807, 2.05) is 0 Å². The van der Waals surface area contributed by atoms with Gasteiger partial charge in [0.15, 0.2) is 0 Å². The maximum absolute atomic E-state index is 3.56. The quantitative estimate of drug-likeness (QED) is 0.480. The van der Waals surface area contributed by atoms with Crippen molar-refractivity contribution in [3.63, 3.8) is 0 Å². The molecule has 0 spiro atoms. The third kappa shape index (κ3) is 0.255. The van der Waals surface area contributed by atoms with Crippen molar-refractivity contribution >= 4 is 0 Å². The highest BCUT2D eigenvalue weighted by Gasteiger charge is 2.61. The molecule has 0 radical (unpaired) electrons. The van der Waals surface area contributed by atoms with E-state index in [1.165, 1.54) is 19.4 Å². The van der Waals surface area contributed by atoms with Gasteiger partial charge in [-0.05, 0) is 37.1 Å². The van der Waals surface area contributed by atoms with Gasteiger partial charge in [0, 0.05) is 6.04 Å². The summed E-state index contributed by atoms with van der Waals surface area (Å²) in [6.45, 7) is 1.34. The Kier molecular flexibility index (Phi) is 0.472. The van der Waals surface area contributed by atoms with Gasteiger partial charge in [-0.2, -0.15) is 0 Å². The van der Waals surface area contributed by atoms with E-state index in [-0.39, 0.29) is 0 Å². The third-order valence-electron chi connectivity index (χ3n) is 3.26. The van der Waals surface area contributed by atoms with Crippen LogP contribution in [0.3, 0.4) is 0 Å². The van der Waals surface area contributed by atoms with Crippen LogP contribution in [-0.2, 0) is 0 Å². The van der Waals surface area contributed by atoms with Crippen molar-refractivity contribution in [1.82, 2.24) is 5.32 Å². The first-order chi connectivity index (χ1) is 3.97. The second-order valence-electron chi connectivity index (χ2n) is 3.51. The molecule has 2 aliphatic carbocycles. The Hall–Kier alpha value is -0.0400. The average Bonchev–Trinajstić information content (AvgIpc) is 2.11. The molecule has 0 aromatic heterocycles. The van der Waals surface area contributed by atoms with Crippen LogP contribution in [0.5, 0.6) is 0 Å². The summed E-state index contributed by atoms with van der Waals surface area (Å²) in [5, 5.41) is 3.56. The van der Waals surface area contributed by atoms with Crippen LogP contribution in [0.2, 0.25) is 0 Å². The lowest BCUT2D eigenvalue weighted by Gasteiger charge is -1.98. The van der Waals surface area contributed by atoms with Gasteiger partial charge in [-0.25, -0.2) is 0 Å². The average molecular weight is 109 g/mol. The predicted octanol–water partition coefficient (Wildman–Crippen LogP) is 0.614. The lowest BCUT2D eigenvalue weighted by molar-refractivity contribution is 0.543. The van der Waals surface area contributed by atoms with Crippen LogP contribution in [0.4, 0.5) is 0 Å². The monoisotopic (exact) mass is 109 g/mol. The minimum Gasteiger partial charge on any atom is -0.313 e. The molecular formula is C7H11N. The molecule has 44 valence electrons. The zero-order valence-corrected chi connectivity index (χ0v) is 4.93. The zero-order valence-electron chi connectivity index (χ0n) is 4.93. The van der Waals surface area contributed by atoms with E-state index in [1.54, 1.807) is 0 Å². The van der Waals surface area contributed by atoms with Crippen LogP contribution < -0.4 is 5.32 Å². The highest BCUT2D eigenvalue weighted by atomic mass is 15.1. The molecule has 1 heterocycles. The van der Waals surface area contributed by atoms with Crippen LogP contribution in [0.1, 0.15) is 12.8 Å². The molecule has 3 rings (SSSR count). The van der Waals surface area contributed by atoms with Gasteiger partial charge in [-0.3, -0.25) is 0 Å². The zero-order chi connectivity index (χ0) is 5.14. The molecule has 1 nitrogen and oxygen atoms in total. The van der Waals surface area contributed by atoms with Crippen molar-refractivity contribution in [3.05, 3.63) is 0 Å². The van der Waals surface area contributed by atoms with Crippen LogP contribution in [0.25, 0.3) is 0 Å². The van der Waals surface area contributed by atoms with Crippen LogP contribution in [0, 0.1) is 17.8 Å². The lowest BCUT2D eigenvalue weighted by Crippen LogP contribution is -2.14. The van der Waals surface area contributed by atoms with Gasteiger partial charge >= 0.3 is 0 Å². The minimum atomic E-state index is 0.994. The maximum Gasteiger partial charge on any atom is 0.0133 e. The number of hydrogen-bond acceptors (Lipinski definition) is 1. The normalized spacial score (nSPS) is 66.0. The fourth-order valence-electron chi connectivity index (χ4n) is 2.83. The molecule has 1 N–H and O–H groups in total. The summed E-state index contributed by atoms with van der Waals surface area (Å²) in [6, 6.07) is 0.994. The van der Waals surface area contributed by atoms with Crippen LogP contribution in [-0.4, -0.2) is 12.6 Å². The Morgan fingerprint density at radius 2 is 2.25 bits per heavy atom. The topological polar surface area (TPSA) is 12.0 Å².